The van der Waals surface area contributed by atoms with Gasteiger partial charge in [-0.05, 0) is 36.8 Å². The molecule has 0 unspecified atom stereocenters. The van der Waals surface area contributed by atoms with Crippen LogP contribution in [-0.4, -0.2) is 25.8 Å². The zero-order valence-corrected chi connectivity index (χ0v) is 16.4. The third-order valence-corrected chi connectivity index (χ3v) is 4.49. The average molecular weight is 425 g/mol. The molecule has 1 amide bonds. The van der Waals surface area contributed by atoms with Gasteiger partial charge in [-0.1, -0.05) is 17.3 Å². The number of ether oxygens (including phenoxy) is 1. The van der Waals surface area contributed by atoms with E-state index >= 15 is 0 Å². The van der Waals surface area contributed by atoms with Crippen LogP contribution in [0.4, 0.5) is 8.78 Å². The van der Waals surface area contributed by atoms with Gasteiger partial charge >= 0.3 is 0 Å². The number of carbonyl (C=O) groups is 1. The van der Waals surface area contributed by atoms with Crippen LogP contribution in [-0.2, 0) is 13.2 Å². The summed E-state index contributed by atoms with van der Waals surface area (Å²) in [6, 6.07) is 11.4. The molecule has 31 heavy (non-hydrogen) atoms. The standard InChI is InChI=1S/C21H17F2N5O3/c1-13-2-3-14(20(23)19(13)22)9-25-21(29)18-8-17(31-27-18)10-30-16-6-4-15(5-7-16)28-12-24-11-26-28/h2-8,11-12H,9-10H2,1H3,(H,25,29). The fraction of sp³-hybridized carbons (Fsp3) is 0.143. The molecule has 0 fully saturated rings. The summed E-state index contributed by atoms with van der Waals surface area (Å²) in [5.74, 6) is -1.57. The molecule has 4 rings (SSSR count). The Bertz CT molecular complexity index is 1190. The molecule has 4 aromatic rings. The predicted molar refractivity (Wildman–Crippen MR) is 104 cm³/mol. The maximum Gasteiger partial charge on any atom is 0.273 e. The number of aromatic nitrogens is 4. The Balaban J connectivity index is 1.32. The highest BCUT2D eigenvalue weighted by Gasteiger charge is 2.15. The Hall–Kier alpha value is -4.08. The van der Waals surface area contributed by atoms with E-state index in [4.69, 9.17) is 9.26 Å². The number of nitrogens with zero attached hydrogens (tertiary/aromatic N) is 4. The summed E-state index contributed by atoms with van der Waals surface area (Å²) in [5, 5.41) is 10.2. The first-order valence-corrected chi connectivity index (χ1v) is 9.26. The third kappa shape index (κ3) is 4.58. The van der Waals surface area contributed by atoms with Crippen LogP contribution >= 0.6 is 0 Å². The van der Waals surface area contributed by atoms with Crippen molar-refractivity contribution < 1.29 is 22.8 Å². The summed E-state index contributed by atoms with van der Waals surface area (Å²) in [7, 11) is 0. The largest absolute Gasteiger partial charge is 0.486 e. The molecule has 0 bridgehead atoms. The van der Waals surface area contributed by atoms with E-state index in [1.807, 2.05) is 12.1 Å². The summed E-state index contributed by atoms with van der Waals surface area (Å²) in [6.07, 6.45) is 3.03. The Labute approximate surface area is 175 Å². The first-order chi connectivity index (χ1) is 15.0. The van der Waals surface area contributed by atoms with Gasteiger partial charge in [-0.3, -0.25) is 4.79 Å². The lowest BCUT2D eigenvalue weighted by Gasteiger charge is -2.06. The predicted octanol–water partition coefficient (Wildman–Crippen LogP) is 3.35. The first kappa shape index (κ1) is 20.2. The normalized spacial score (nSPS) is 10.8. The number of amides is 1. The van der Waals surface area contributed by atoms with Crippen LogP contribution in [0.2, 0.25) is 0 Å². The second-order valence-electron chi connectivity index (χ2n) is 6.65. The van der Waals surface area contributed by atoms with Crippen molar-refractivity contribution in [2.45, 2.75) is 20.1 Å². The van der Waals surface area contributed by atoms with Crippen LogP contribution in [0.25, 0.3) is 5.69 Å². The van der Waals surface area contributed by atoms with E-state index in [0.717, 1.165) is 5.69 Å². The molecule has 10 heteroatoms. The molecule has 0 spiro atoms. The Morgan fingerprint density at radius 3 is 2.71 bits per heavy atom. The number of halogens is 2. The molecule has 0 aliphatic heterocycles. The van der Waals surface area contributed by atoms with Crippen molar-refractivity contribution in [1.29, 1.82) is 0 Å². The van der Waals surface area contributed by atoms with Crippen molar-refractivity contribution in [3.05, 3.63) is 89.3 Å². The summed E-state index contributed by atoms with van der Waals surface area (Å²) >= 11 is 0. The van der Waals surface area contributed by atoms with Gasteiger partial charge in [0.25, 0.3) is 5.91 Å². The highest BCUT2D eigenvalue weighted by Crippen LogP contribution is 2.17. The molecule has 0 aliphatic carbocycles. The lowest BCUT2D eigenvalue weighted by molar-refractivity contribution is 0.0941. The molecular weight excluding hydrogens is 408 g/mol. The van der Waals surface area contributed by atoms with E-state index in [2.05, 4.69) is 20.6 Å². The fourth-order valence-corrected chi connectivity index (χ4v) is 2.77. The molecule has 0 atom stereocenters. The van der Waals surface area contributed by atoms with Crippen LogP contribution in [0.15, 0.2) is 59.6 Å². The Morgan fingerprint density at radius 2 is 1.97 bits per heavy atom. The van der Waals surface area contributed by atoms with Crippen molar-refractivity contribution in [2.24, 2.45) is 0 Å². The molecule has 0 radical (unpaired) electrons. The van der Waals surface area contributed by atoms with Crippen molar-refractivity contribution in [3.8, 4) is 11.4 Å². The smallest absolute Gasteiger partial charge is 0.273 e. The van der Waals surface area contributed by atoms with Gasteiger partial charge in [-0.25, -0.2) is 18.4 Å². The highest BCUT2D eigenvalue weighted by molar-refractivity contribution is 5.92. The van der Waals surface area contributed by atoms with Crippen LogP contribution < -0.4 is 10.1 Å². The summed E-state index contributed by atoms with van der Waals surface area (Å²) in [5.41, 5.74) is 1.07. The van der Waals surface area contributed by atoms with Gasteiger partial charge in [0, 0.05) is 18.2 Å². The van der Waals surface area contributed by atoms with Crippen molar-refractivity contribution in [2.75, 3.05) is 0 Å². The first-order valence-electron chi connectivity index (χ1n) is 9.26. The highest BCUT2D eigenvalue weighted by atomic mass is 19.2. The summed E-state index contributed by atoms with van der Waals surface area (Å²) in [6.45, 7) is 1.34. The summed E-state index contributed by atoms with van der Waals surface area (Å²) < 4.78 is 39.9. The van der Waals surface area contributed by atoms with Crippen molar-refractivity contribution in [3.63, 3.8) is 0 Å². The van der Waals surface area contributed by atoms with E-state index < -0.39 is 17.5 Å². The van der Waals surface area contributed by atoms with E-state index in [-0.39, 0.29) is 30.0 Å². The molecule has 8 nitrogen and oxygen atoms in total. The minimum absolute atomic E-state index is 0.00752. The van der Waals surface area contributed by atoms with E-state index in [9.17, 15) is 13.6 Å². The minimum Gasteiger partial charge on any atom is -0.486 e. The number of rotatable bonds is 7. The van der Waals surface area contributed by atoms with Gasteiger partial charge in [0.1, 0.15) is 25.0 Å². The van der Waals surface area contributed by atoms with Crippen LogP contribution in [0.1, 0.15) is 27.4 Å². The number of benzene rings is 2. The topological polar surface area (TPSA) is 95.1 Å². The Kier molecular flexibility index (Phi) is 5.69. The number of hydrogen-bond acceptors (Lipinski definition) is 6. The lowest BCUT2D eigenvalue weighted by Crippen LogP contribution is -2.23. The van der Waals surface area contributed by atoms with Crippen molar-refractivity contribution >= 4 is 5.91 Å². The van der Waals surface area contributed by atoms with Gasteiger partial charge in [0.2, 0.25) is 0 Å². The van der Waals surface area contributed by atoms with Gasteiger partial charge in [0.05, 0.1) is 5.69 Å². The third-order valence-electron chi connectivity index (χ3n) is 4.49. The van der Waals surface area contributed by atoms with E-state index in [0.29, 0.717) is 11.5 Å². The maximum absolute atomic E-state index is 13.9. The van der Waals surface area contributed by atoms with Gasteiger partial charge in [-0.15, -0.1) is 0 Å². The molecule has 2 aromatic heterocycles. The molecule has 0 aliphatic rings. The second-order valence-corrected chi connectivity index (χ2v) is 6.65. The molecule has 2 aromatic carbocycles. The summed E-state index contributed by atoms with van der Waals surface area (Å²) in [4.78, 5) is 16.1. The monoisotopic (exact) mass is 425 g/mol. The lowest BCUT2D eigenvalue weighted by atomic mass is 10.1. The minimum atomic E-state index is -0.982. The molecule has 0 saturated carbocycles. The van der Waals surface area contributed by atoms with Crippen LogP contribution in [0.5, 0.6) is 5.75 Å². The molecular formula is C21H17F2N5O3. The van der Waals surface area contributed by atoms with Gasteiger partial charge < -0.3 is 14.6 Å². The second kappa shape index (κ2) is 8.74. The molecule has 2 heterocycles. The number of hydrogen-bond donors (Lipinski definition) is 1. The number of carbonyl (C=O) groups excluding carboxylic acids is 1. The van der Waals surface area contributed by atoms with Crippen molar-refractivity contribution in [1.82, 2.24) is 25.2 Å². The zero-order chi connectivity index (χ0) is 21.8. The molecule has 0 saturated heterocycles. The molecule has 158 valence electrons. The SMILES string of the molecule is Cc1ccc(CNC(=O)c2cc(COc3ccc(-n4cncn4)cc3)on2)c(F)c1F. The Morgan fingerprint density at radius 1 is 1.16 bits per heavy atom. The van der Waals surface area contributed by atoms with E-state index in [1.165, 1.54) is 31.5 Å². The van der Waals surface area contributed by atoms with Gasteiger partial charge in [0.15, 0.2) is 23.1 Å². The van der Waals surface area contributed by atoms with Crippen LogP contribution in [0, 0.1) is 18.6 Å². The maximum atomic E-state index is 13.9. The van der Waals surface area contributed by atoms with Gasteiger partial charge in [-0.2, -0.15) is 5.10 Å². The van der Waals surface area contributed by atoms with Crippen LogP contribution in [0.3, 0.4) is 0 Å². The zero-order valence-electron chi connectivity index (χ0n) is 16.4. The fourth-order valence-electron chi connectivity index (χ4n) is 2.77. The molecule has 1 N–H and O–H groups in total. The number of nitrogens with one attached hydrogen (secondary N) is 1. The average Bonchev–Trinajstić information content (AvgIpc) is 3.48. The quantitative estimate of drug-likeness (QED) is 0.488. The van der Waals surface area contributed by atoms with E-state index in [1.54, 1.807) is 23.1 Å². The number of aryl methyl sites for hydroxylation is 1.